The summed E-state index contributed by atoms with van der Waals surface area (Å²) in [6.45, 7) is 5.46. The molecule has 0 amide bonds. The summed E-state index contributed by atoms with van der Waals surface area (Å²) in [4.78, 5) is 15.8. The SMILES string of the molecule is CC(C)C1N(C)c2ccc([N+](=O)[O-])cc2[C@H]2c3ccccc3CCN12. The van der Waals surface area contributed by atoms with E-state index in [4.69, 9.17) is 0 Å². The molecule has 5 nitrogen and oxygen atoms in total. The topological polar surface area (TPSA) is 49.6 Å². The Morgan fingerprint density at radius 3 is 2.64 bits per heavy atom. The Morgan fingerprint density at radius 1 is 1.16 bits per heavy atom. The van der Waals surface area contributed by atoms with Gasteiger partial charge in [0, 0.05) is 37.0 Å². The molecule has 2 aromatic carbocycles. The lowest BCUT2D eigenvalue weighted by atomic mass is 9.83. The molecule has 0 N–H and O–H groups in total. The monoisotopic (exact) mass is 337 g/mol. The molecular formula is C20H23N3O2. The summed E-state index contributed by atoms with van der Waals surface area (Å²) in [5.74, 6) is 0.459. The third-order valence-electron chi connectivity index (χ3n) is 5.55. The van der Waals surface area contributed by atoms with E-state index in [0.717, 1.165) is 24.2 Å². The highest BCUT2D eigenvalue weighted by atomic mass is 16.6. The fourth-order valence-corrected chi connectivity index (χ4v) is 4.61. The molecule has 4 rings (SSSR count). The average molecular weight is 337 g/mol. The minimum absolute atomic E-state index is 0.0865. The standard InChI is InChI=1S/C20H23N3O2/c1-13(2)20-21(3)18-9-8-15(23(24)25)12-17(18)19-16-7-5-4-6-14(16)10-11-22(19)20/h4-9,12-13,19-20H,10-11H2,1-3H3/t19-,20?/m1/s1. The number of nitro groups is 1. The number of benzene rings is 2. The summed E-state index contributed by atoms with van der Waals surface area (Å²) in [5.41, 5.74) is 4.95. The van der Waals surface area contributed by atoms with Gasteiger partial charge in [-0.2, -0.15) is 0 Å². The van der Waals surface area contributed by atoms with Crippen molar-refractivity contribution in [1.82, 2.24) is 4.90 Å². The van der Waals surface area contributed by atoms with Crippen LogP contribution in [0.2, 0.25) is 0 Å². The van der Waals surface area contributed by atoms with E-state index in [1.165, 1.54) is 11.1 Å². The molecule has 2 aromatic rings. The second kappa shape index (κ2) is 5.85. The van der Waals surface area contributed by atoms with Gasteiger partial charge >= 0.3 is 0 Å². The van der Waals surface area contributed by atoms with Crippen LogP contribution < -0.4 is 4.90 Å². The zero-order valence-corrected chi connectivity index (χ0v) is 14.8. The van der Waals surface area contributed by atoms with E-state index in [1.807, 2.05) is 6.07 Å². The lowest BCUT2D eigenvalue weighted by Crippen LogP contribution is -2.57. The minimum Gasteiger partial charge on any atom is -0.358 e. The molecule has 0 saturated carbocycles. The van der Waals surface area contributed by atoms with Gasteiger partial charge < -0.3 is 4.90 Å². The summed E-state index contributed by atoms with van der Waals surface area (Å²) in [7, 11) is 2.10. The van der Waals surface area contributed by atoms with Crippen molar-refractivity contribution in [1.29, 1.82) is 0 Å². The quantitative estimate of drug-likeness (QED) is 0.614. The Balaban J connectivity index is 1.95. The number of rotatable bonds is 2. The third kappa shape index (κ3) is 2.42. The third-order valence-corrected chi connectivity index (χ3v) is 5.55. The van der Waals surface area contributed by atoms with Gasteiger partial charge in [0.1, 0.15) is 0 Å². The first kappa shape index (κ1) is 16.1. The van der Waals surface area contributed by atoms with E-state index in [9.17, 15) is 10.1 Å². The number of nitro benzene ring substituents is 1. The molecule has 0 aliphatic carbocycles. The average Bonchev–Trinajstić information content (AvgIpc) is 2.60. The molecule has 0 aromatic heterocycles. The predicted octanol–water partition coefficient (Wildman–Crippen LogP) is 3.97. The molecule has 2 aliphatic rings. The van der Waals surface area contributed by atoms with Gasteiger partial charge in [-0.25, -0.2) is 0 Å². The van der Waals surface area contributed by atoms with Crippen molar-refractivity contribution in [3.8, 4) is 0 Å². The summed E-state index contributed by atoms with van der Waals surface area (Å²) < 4.78 is 0. The summed E-state index contributed by atoms with van der Waals surface area (Å²) in [5, 5.41) is 11.3. The number of nitrogens with zero attached hydrogens (tertiary/aromatic N) is 3. The van der Waals surface area contributed by atoms with Crippen molar-refractivity contribution < 1.29 is 4.92 Å². The second-order valence-corrected chi connectivity index (χ2v) is 7.36. The lowest BCUT2D eigenvalue weighted by molar-refractivity contribution is -0.384. The maximum atomic E-state index is 11.3. The molecule has 2 heterocycles. The molecule has 0 radical (unpaired) electrons. The number of hydrogen-bond acceptors (Lipinski definition) is 4. The highest BCUT2D eigenvalue weighted by molar-refractivity contribution is 5.64. The van der Waals surface area contributed by atoms with Gasteiger partial charge in [0.25, 0.3) is 5.69 Å². The van der Waals surface area contributed by atoms with Crippen LogP contribution in [-0.2, 0) is 6.42 Å². The summed E-state index contributed by atoms with van der Waals surface area (Å²) in [6, 6.07) is 13.9. The van der Waals surface area contributed by atoms with Crippen LogP contribution in [0.1, 0.15) is 36.6 Å². The molecule has 0 bridgehead atoms. The first-order chi connectivity index (χ1) is 12.0. The molecule has 2 aliphatic heterocycles. The summed E-state index contributed by atoms with van der Waals surface area (Å²) >= 11 is 0. The van der Waals surface area contributed by atoms with Crippen LogP contribution in [0.4, 0.5) is 11.4 Å². The van der Waals surface area contributed by atoms with Crippen LogP contribution in [0.3, 0.4) is 0 Å². The predicted molar refractivity (Wildman–Crippen MR) is 98.8 cm³/mol. The fourth-order valence-electron chi connectivity index (χ4n) is 4.61. The van der Waals surface area contributed by atoms with Crippen molar-refractivity contribution in [3.63, 3.8) is 0 Å². The molecule has 25 heavy (non-hydrogen) atoms. The maximum Gasteiger partial charge on any atom is 0.269 e. The van der Waals surface area contributed by atoms with E-state index in [2.05, 4.69) is 55.0 Å². The normalized spacial score (nSPS) is 22.3. The van der Waals surface area contributed by atoms with Gasteiger partial charge in [0.2, 0.25) is 0 Å². The zero-order valence-electron chi connectivity index (χ0n) is 14.8. The highest BCUT2D eigenvalue weighted by Gasteiger charge is 2.42. The van der Waals surface area contributed by atoms with Crippen LogP contribution in [-0.4, -0.2) is 29.6 Å². The molecule has 130 valence electrons. The Kier molecular flexibility index (Phi) is 3.76. The van der Waals surface area contributed by atoms with Gasteiger partial charge in [-0.15, -0.1) is 0 Å². The summed E-state index contributed by atoms with van der Waals surface area (Å²) in [6.07, 6.45) is 1.31. The minimum atomic E-state index is -0.298. The smallest absolute Gasteiger partial charge is 0.269 e. The van der Waals surface area contributed by atoms with Gasteiger partial charge in [0.15, 0.2) is 0 Å². The van der Waals surface area contributed by atoms with Crippen molar-refractivity contribution in [2.75, 3.05) is 18.5 Å². The fraction of sp³-hybridized carbons (Fsp3) is 0.400. The van der Waals surface area contributed by atoms with Gasteiger partial charge in [-0.05, 0) is 29.5 Å². The Bertz CT molecular complexity index is 833. The first-order valence-electron chi connectivity index (χ1n) is 8.83. The number of fused-ring (bicyclic) bond motifs is 5. The molecule has 0 saturated heterocycles. The van der Waals surface area contributed by atoms with E-state index in [0.29, 0.717) is 5.92 Å². The maximum absolute atomic E-state index is 11.3. The highest BCUT2D eigenvalue weighted by Crippen LogP contribution is 2.47. The Labute approximate surface area is 148 Å². The zero-order chi connectivity index (χ0) is 17.7. The molecule has 5 heteroatoms. The first-order valence-corrected chi connectivity index (χ1v) is 8.83. The van der Waals surface area contributed by atoms with Gasteiger partial charge in [0.05, 0.1) is 17.1 Å². The number of hydrogen-bond donors (Lipinski definition) is 0. The van der Waals surface area contributed by atoms with E-state index < -0.39 is 0 Å². The number of non-ortho nitro benzene ring substituents is 1. The lowest BCUT2D eigenvalue weighted by Gasteiger charge is -2.52. The van der Waals surface area contributed by atoms with Crippen molar-refractivity contribution in [3.05, 3.63) is 69.3 Å². The molecule has 0 fully saturated rings. The van der Waals surface area contributed by atoms with Crippen LogP contribution in [0.5, 0.6) is 0 Å². The molecular weight excluding hydrogens is 314 g/mol. The van der Waals surface area contributed by atoms with Crippen LogP contribution >= 0.6 is 0 Å². The van der Waals surface area contributed by atoms with Crippen molar-refractivity contribution in [2.24, 2.45) is 5.92 Å². The van der Waals surface area contributed by atoms with Crippen LogP contribution in [0, 0.1) is 16.0 Å². The molecule has 0 spiro atoms. The van der Waals surface area contributed by atoms with E-state index in [-0.39, 0.29) is 22.8 Å². The Hall–Kier alpha value is -2.40. The largest absolute Gasteiger partial charge is 0.358 e. The number of anilines is 1. The van der Waals surface area contributed by atoms with Gasteiger partial charge in [-0.1, -0.05) is 38.1 Å². The van der Waals surface area contributed by atoms with Crippen LogP contribution in [0.25, 0.3) is 0 Å². The van der Waals surface area contributed by atoms with E-state index in [1.54, 1.807) is 12.1 Å². The second-order valence-electron chi connectivity index (χ2n) is 7.36. The Morgan fingerprint density at radius 2 is 1.92 bits per heavy atom. The van der Waals surface area contributed by atoms with Gasteiger partial charge in [-0.3, -0.25) is 15.0 Å². The van der Waals surface area contributed by atoms with E-state index >= 15 is 0 Å². The van der Waals surface area contributed by atoms with Crippen molar-refractivity contribution >= 4 is 11.4 Å². The van der Waals surface area contributed by atoms with Crippen molar-refractivity contribution in [2.45, 2.75) is 32.5 Å². The molecule has 1 unspecified atom stereocenters. The molecule has 2 atom stereocenters. The van der Waals surface area contributed by atoms with Crippen LogP contribution in [0.15, 0.2) is 42.5 Å².